The highest BCUT2D eigenvalue weighted by Crippen LogP contribution is 2.56. The average Bonchev–Trinajstić information content (AvgIpc) is 2.62. The Morgan fingerprint density at radius 3 is 1.71 bits per heavy atom. The smallest absolute Gasteiger partial charge is 0.177 e. The molecule has 1 aliphatic rings. The standard InChI is InChI=1S/C19H21F2NO2/c20-16(14-7-3-1-4-8-14)18(13-22-12-11-19(18,23)24)17(21)15-9-5-2-6-10-15/h1-10,16-17,22-24H,11-13H2. The Hall–Kier alpha value is -1.82. The van der Waals surface area contributed by atoms with Crippen LogP contribution >= 0.6 is 0 Å². The Bertz CT molecular complexity index is 618. The van der Waals surface area contributed by atoms with E-state index in [4.69, 9.17) is 0 Å². The fraction of sp³-hybridized carbons (Fsp3) is 0.368. The largest absolute Gasteiger partial charge is 0.365 e. The van der Waals surface area contributed by atoms with Gasteiger partial charge in [-0.3, -0.25) is 0 Å². The van der Waals surface area contributed by atoms with Crippen LogP contribution in [0, 0.1) is 5.41 Å². The highest BCUT2D eigenvalue weighted by Gasteiger charge is 2.62. The Labute approximate surface area is 140 Å². The molecule has 0 aliphatic carbocycles. The third-order valence-corrected chi connectivity index (χ3v) is 4.90. The fourth-order valence-corrected chi connectivity index (χ4v) is 3.48. The Morgan fingerprint density at radius 2 is 1.29 bits per heavy atom. The molecule has 3 N–H and O–H groups in total. The molecule has 24 heavy (non-hydrogen) atoms. The minimum atomic E-state index is -2.47. The lowest BCUT2D eigenvalue weighted by Crippen LogP contribution is -2.63. The van der Waals surface area contributed by atoms with Gasteiger partial charge in [-0.25, -0.2) is 8.78 Å². The van der Waals surface area contributed by atoms with E-state index in [0.717, 1.165) is 0 Å². The van der Waals surface area contributed by atoms with Gasteiger partial charge < -0.3 is 15.5 Å². The molecule has 3 rings (SSSR count). The normalized spacial score (nSPS) is 25.8. The molecule has 3 nitrogen and oxygen atoms in total. The molecule has 2 atom stereocenters. The van der Waals surface area contributed by atoms with Gasteiger partial charge >= 0.3 is 0 Å². The minimum absolute atomic E-state index is 0.145. The molecule has 1 heterocycles. The second-order valence-corrected chi connectivity index (χ2v) is 6.33. The molecular formula is C19H21F2NO2. The number of alkyl halides is 2. The number of halogens is 2. The van der Waals surface area contributed by atoms with Crippen LogP contribution in [0.15, 0.2) is 60.7 Å². The van der Waals surface area contributed by atoms with Gasteiger partial charge in [-0.1, -0.05) is 60.7 Å². The van der Waals surface area contributed by atoms with Crippen molar-refractivity contribution in [1.82, 2.24) is 5.32 Å². The van der Waals surface area contributed by atoms with Gasteiger partial charge in [-0.05, 0) is 11.1 Å². The van der Waals surface area contributed by atoms with E-state index >= 15 is 8.78 Å². The first-order valence-electron chi connectivity index (χ1n) is 8.02. The van der Waals surface area contributed by atoms with Crippen molar-refractivity contribution < 1.29 is 19.0 Å². The molecule has 2 aromatic carbocycles. The van der Waals surface area contributed by atoms with Crippen LogP contribution in [0.5, 0.6) is 0 Å². The van der Waals surface area contributed by atoms with Gasteiger partial charge in [0.15, 0.2) is 5.79 Å². The number of hydrogen-bond donors (Lipinski definition) is 3. The molecule has 5 heteroatoms. The lowest BCUT2D eigenvalue weighted by molar-refractivity contribution is -0.294. The van der Waals surface area contributed by atoms with Crippen LogP contribution in [0.2, 0.25) is 0 Å². The molecule has 0 spiro atoms. The SMILES string of the molecule is OC1(O)CCNCC1(C(F)c1ccccc1)C(F)c1ccccc1. The van der Waals surface area contributed by atoms with Crippen LogP contribution in [0.4, 0.5) is 8.78 Å². The molecule has 1 aliphatic heterocycles. The second-order valence-electron chi connectivity index (χ2n) is 6.33. The lowest BCUT2D eigenvalue weighted by atomic mass is 9.65. The Balaban J connectivity index is 2.11. The van der Waals surface area contributed by atoms with Crippen molar-refractivity contribution in [2.45, 2.75) is 24.6 Å². The predicted molar refractivity (Wildman–Crippen MR) is 87.7 cm³/mol. The molecule has 128 valence electrons. The van der Waals surface area contributed by atoms with Crippen molar-refractivity contribution in [2.75, 3.05) is 13.1 Å². The third-order valence-electron chi connectivity index (χ3n) is 4.90. The van der Waals surface area contributed by atoms with Crippen LogP contribution in [-0.2, 0) is 0 Å². The summed E-state index contributed by atoms with van der Waals surface area (Å²) in [5.41, 5.74) is -1.58. The summed E-state index contributed by atoms with van der Waals surface area (Å²) in [7, 11) is 0. The van der Waals surface area contributed by atoms with Crippen molar-refractivity contribution in [1.29, 1.82) is 0 Å². The Morgan fingerprint density at radius 1 is 0.833 bits per heavy atom. The molecular weight excluding hydrogens is 312 g/mol. The monoisotopic (exact) mass is 333 g/mol. The third kappa shape index (κ3) is 2.73. The number of aliphatic hydroxyl groups is 2. The van der Waals surface area contributed by atoms with E-state index in [1.54, 1.807) is 36.4 Å². The van der Waals surface area contributed by atoms with Crippen LogP contribution in [0.3, 0.4) is 0 Å². The zero-order valence-corrected chi connectivity index (χ0v) is 13.2. The van der Waals surface area contributed by atoms with Crippen LogP contribution in [0.1, 0.15) is 29.9 Å². The van der Waals surface area contributed by atoms with Crippen LogP contribution < -0.4 is 5.32 Å². The summed E-state index contributed by atoms with van der Waals surface area (Å²) < 4.78 is 31.0. The molecule has 0 aromatic heterocycles. The molecule has 0 bridgehead atoms. The van der Waals surface area contributed by atoms with Gasteiger partial charge in [0.1, 0.15) is 17.8 Å². The van der Waals surface area contributed by atoms with Gasteiger partial charge in [-0.2, -0.15) is 0 Å². The maximum absolute atomic E-state index is 15.5. The van der Waals surface area contributed by atoms with Crippen molar-refractivity contribution in [3.63, 3.8) is 0 Å². The average molecular weight is 333 g/mol. The molecule has 1 saturated heterocycles. The second kappa shape index (κ2) is 6.59. The van der Waals surface area contributed by atoms with E-state index in [1.807, 2.05) is 0 Å². The predicted octanol–water partition coefficient (Wildman–Crippen LogP) is 3.07. The van der Waals surface area contributed by atoms with Crippen LogP contribution in [0.25, 0.3) is 0 Å². The molecule has 0 radical (unpaired) electrons. The fourth-order valence-electron chi connectivity index (χ4n) is 3.48. The minimum Gasteiger partial charge on any atom is -0.365 e. The lowest BCUT2D eigenvalue weighted by Gasteiger charge is -2.50. The zero-order valence-electron chi connectivity index (χ0n) is 13.2. The molecule has 2 aromatic rings. The topological polar surface area (TPSA) is 52.5 Å². The number of benzene rings is 2. The molecule has 0 amide bonds. The summed E-state index contributed by atoms with van der Waals surface area (Å²) in [6.45, 7) is 0.115. The van der Waals surface area contributed by atoms with Gasteiger partial charge in [0.05, 0.1) is 0 Å². The molecule has 1 fully saturated rings. The van der Waals surface area contributed by atoms with Crippen molar-refractivity contribution in [3.8, 4) is 0 Å². The first kappa shape index (κ1) is 17.0. The number of nitrogens with one attached hydrogen (secondary N) is 1. The van der Waals surface area contributed by atoms with Crippen molar-refractivity contribution >= 4 is 0 Å². The summed E-state index contributed by atoms with van der Waals surface area (Å²) in [5, 5.41) is 24.1. The van der Waals surface area contributed by atoms with Crippen LogP contribution in [-0.4, -0.2) is 29.1 Å². The van der Waals surface area contributed by atoms with Crippen molar-refractivity contribution in [2.24, 2.45) is 5.41 Å². The maximum atomic E-state index is 15.5. The highest BCUT2D eigenvalue weighted by molar-refractivity contribution is 5.28. The number of hydrogen-bond acceptors (Lipinski definition) is 3. The van der Waals surface area contributed by atoms with E-state index in [-0.39, 0.29) is 30.6 Å². The van der Waals surface area contributed by atoms with E-state index in [0.29, 0.717) is 0 Å². The Kier molecular flexibility index (Phi) is 4.67. The van der Waals surface area contributed by atoms with Gasteiger partial charge in [0, 0.05) is 19.5 Å². The zero-order chi connectivity index (χ0) is 17.2. The van der Waals surface area contributed by atoms with E-state index in [1.165, 1.54) is 24.3 Å². The first-order valence-corrected chi connectivity index (χ1v) is 8.02. The summed E-state index contributed by atoms with van der Waals surface area (Å²) in [6.07, 6.45) is -3.90. The number of rotatable bonds is 4. The summed E-state index contributed by atoms with van der Waals surface area (Å²) >= 11 is 0. The maximum Gasteiger partial charge on any atom is 0.177 e. The van der Waals surface area contributed by atoms with Gasteiger partial charge in [0.25, 0.3) is 0 Å². The quantitative estimate of drug-likeness (QED) is 0.754. The summed E-state index contributed by atoms with van der Waals surface area (Å²) in [6, 6.07) is 16.2. The van der Waals surface area contributed by atoms with Crippen molar-refractivity contribution in [3.05, 3.63) is 71.8 Å². The molecule has 2 unspecified atom stereocenters. The van der Waals surface area contributed by atoms with Gasteiger partial charge in [-0.15, -0.1) is 0 Å². The number of piperidine rings is 1. The summed E-state index contributed by atoms with van der Waals surface area (Å²) in [4.78, 5) is 0. The van der Waals surface area contributed by atoms with Gasteiger partial charge in [0.2, 0.25) is 0 Å². The molecule has 0 saturated carbocycles. The first-order chi connectivity index (χ1) is 11.5. The summed E-state index contributed by atoms with van der Waals surface area (Å²) in [5.74, 6) is -2.47. The van der Waals surface area contributed by atoms with E-state index < -0.39 is 23.5 Å². The highest BCUT2D eigenvalue weighted by atomic mass is 19.1. The van der Waals surface area contributed by atoms with E-state index in [2.05, 4.69) is 5.32 Å². The van der Waals surface area contributed by atoms with E-state index in [9.17, 15) is 10.2 Å².